The third-order valence-corrected chi connectivity index (χ3v) is 6.41. The Morgan fingerprint density at radius 2 is 1.93 bits per heavy atom. The fourth-order valence-corrected chi connectivity index (χ4v) is 3.87. The van der Waals surface area contributed by atoms with Crippen molar-refractivity contribution < 1.29 is 27.5 Å². The van der Waals surface area contributed by atoms with Gasteiger partial charge in [-0.05, 0) is 42.1 Å². The van der Waals surface area contributed by atoms with Crippen LogP contribution in [-0.2, 0) is 19.6 Å². The zero-order valence-electron chi connectivity index (χ0n) is 15.3. The van der Waals surface area contributed by atoms with Crippen LogP contribution in [-0.4, -0.2) is 52.4 Å². The molecular formula is C17H20N2O6S2. The molecule has 27 heavy (non-hydrogen) atoms. The van der Waals surface area contributed by atoms with Gasteiger partial charge in [-0.1, -0.05) is 0 Å². The van der Waals surface area contributed by atoms with Gasteiger partial charge in [-0.2, -0.15) is 0 Å². The second-order valence-corrected chi connectivity index (χ2v) is 8.77. The van der Waals surface area contributed by atoms with Gasteiger partial charge in [-0.3, -0.25) is 4.79 Å². The first kappa shape index (κ1) is 20.9. The number of anilines is 1. The zero-order valence-corrected chi connectivity index (χ0v) is 16.9. The normalized spacial score (nSPS) is 11.3. The van der Waals surface area contributed by atoms with E-state index < -0.39 is 28.5 Å². The molecule has 0 bridgehead atoms. The molecule has 0 aliphatic carbocycles. The third kappa shape index (κ3) is 4.85. The Balaban J connectivity index is 2.12. The molecule has 0 aliphatic rings. The second-order valence-electron chi connectivity index (χ2n) is 5.71. The number of methoxy groups -OCH3 is 1. The summed E-state index contributed by atoms with van der Waals surface area (Å²) in [5.41, 5.74) is 0.933. The summed E-state index contributed by atoms with van der Waals surface area (Å²) in [5.74, 6) is -0.926. The van der Waals surface area contributed by atoms with Crippen LogP contribution in [0.1, 0.15) is 15.2 Å². The first-order valence-corrected chi connectivity index (χ1v) is 10.1. The van der Waals surface area contributed by atoms with Crippen LogP contribution in [0.4, 0.5) is 5.69 Å². The number of benzene rings is 1. The van der Waals surface area contributed by atoms with E-state index in [4.69, 9.17) is 9.47 Å². The minimum atomic E-state index is -3.68. The Labute approximate surface area is 161 Å². The quantitative estimate of drug-likeness (QED) is 0.699. The van der Waals surface area contributed by atoms with Crippen molar-refractivity contribution >= 4 is 38.9 Å². The number of amides is 1. The van der Waals surface area contributed by atoms with Crippen LogP contribution in [0.25, 0.3) is 0 Å². The lowest BCUT2D eigenvalue weighted by Crippen LogP contribution is -2.23. The van der Waals surface area contributed by atoms with Crippen LogP contribution in [0.2, 0.25) is 0 Å². The van der Waals surface area contributed by atoms with Crippen LogP contribution in [0, 0.1) is 6.92 Å². The maximum atomic E-state index is 12.3. The van der Waals surface area contributed by atoms with Gasteiger partial charge in [0.1, 0.15) is 10.6 Å². The Morgan fingerprint density at radius 1 is 1.22 bits per heavy atom. The average Bonchev–Trinajstić information content (AvgIpc) is 3.05. The second kappa shape index (κ2) is 8.51. The van der Waals surface area contributed by atoms with E-state index in [1.165, 1.54) is 50.7 Å². The number of rotatable bonds is 7. The van der Waals surface area contributed by atoms with E-state index >= 15 is 0 Å². The molecule has 1 heterocycles. The summed E-state index contributed by atoms with van der Waals surface area (Å²) in [6, 6.07) is 5.89. The lowest BCUT2D eigenvalue weighted by Gasteiger charge is -2.15. The Kier molecular flexibility index (Phi) is 6.58. The molecule has 0 saturated carbocycles. The minimum Gasteiger partial charge on any atom is -0.495 e. The lowest BCUT2D eigenvalue weighted by molar-refractivity contribution is -0.119. The smallest absolute Gasteiger partial charge is 0.349 e. The molecule has 10 heteroatoms. The maximum absolute atomic E-state index is 12.3. The van der Waals surface area contributed by atoms with Crippen molar-refractivity contribution in [2.24, 2.45) is 0 Å². The van der Waals surface area contributed by atoms with Crippen molar-refractivity contribution in [3.8, 4) is 5.75 Å². The summed E-state index contributed by atoms with van der Waals surface area (Å²) in [6.07, 6.45) is 0. The zero-order chi connectivity index (χ0) is 20.2. The van der Waals surface area contributed by atoms with E-state index in [0.717, 1.165) is 9.87 Å². The molecule has 0 radical (unpaired) electrons. The number of esters is 1. The topological polar surface area (TPSA) is 102 Å². The summed E-state index contributed by atoms with van der Waals surface area (Å²) >= 11 is 1.23. The SMILES string of the molecule is COc1ccc(S(=O)(=O)N(C)C)cc1NC(=O)COC(=O)c1sccc1C. The summed E-state index contributed by atoms with van der Waals surface area (Å²) in [5, 5.41) is 4.26. The van der Waals surface area contributed by atoms with Crippen molar-refractivity contribution in [3.63, 3.8) is 0 Å². The van der Waals surface area contributed by atoms with Gasteiger partial charge >= 0.3 is 5.97 Å². The summed E-state index contributed by atoms with van der Waals surface area (Å²) in [7, 11) is 0.529. The number of thiophene rings is 1. The number of hydrogen-bond donors (Lipinski definition) is 1. The molecule has 0 fully saturated rings. The van der Waals surface area contributed by atoms with Gasteiger partial charge in [0.15, 0.2) is 6.61 Å². The molecule has 1 aromatic carbocycles. The molecule has 0 spiro atoms. The highest BCUT2D eigenvalue weighted by Crippen LogP contribution is 2.28. The Bertz CT molecular complexity index is 950. The van der Waals surface area contributed by atoms with Crippen molar-refractivity contribution in [3.05, 3.63) is 40.1 Å². The molecule has 1 amide bonds. The molecule has 0 aliphatic heterocycles. The van der Waals surface area contributed by atoms with E-state index in [9.17, 15) is 18.0 Å². The Hall–Kier alpha value is -2.43. The molecule has 146 valence electrons. The maximum Gasteiger partial charge on any atom is 0.349 e. The fraction of sp³-hybridized carbons (Fsp3) is 0.294. The van der Waals surface area contributed by atoms with Gasteiger partial charge in [0.2, 0.25) is 10.0 Å². The van der Waals surface area contributed by atoms with Gasteiger partial charge in [0.05, 0.1) is 17.7 Å². The minimum absolute atomic E-state index is 0.00481. The first-order chi connectivity index (χ1) is 12.7. The number of carbonyl (C=O) groups is 2. The third-order valence-electron chi connectivity index (χ3n) is 3.61. The number of ether oxygens (including phenoxy) is 2. The van der Waals surface area contributed by atoms with E-state index in [1.54, 1.807) is 18.4 Å². The summed E-state index contributed by atoms with van der Waals surface area (Å²) < 4.78 is 35.7. The van der Waals surface area contributed by atoms with E-state index in [2.05, 4.69) is 5.32 Å². The summed E-state index contributed by atoms with van der Waals surface area (Å²) in [4.78, 5) is 24.5. The Morgan fingerprint density at radius 3 is 2.48 bits per heavy atom. The van der Waals surface area contributed by atoms with Crippen LogP contribution < -0.4 is 10.1 Å². The monoisotopic (exact) mass is 412 g/mol. The molecule has 0 unspecified atom stereocenters. The molecule has 0 atom stereocenters. The van der Waals surface area contributed by atoms with Crippen molar-refractivity contribution in [2.75, 3.05) is 33.1 Å². The first-order valence-electron chi connectivity index (χ1n) is 7.78. The number of sulfonamides is 1. The number of aryl methyl sites for hydroxylation is 1. The van der Waals surface area contributed by atoms with E-state index in [0.29, 0.717) is 4.88 Å². The highest BCUT2D eigenvalue weighted by molar-refractivity contribution is 7.89. The molecule has 1 N–H and O–H groups in total. The van der Waals surface area contributed by atoms with E-state index in [-0.39, 0.29) is 16.3 Å². The van der Waals surface area contributed by atoms with Crippen LogP contribution >= 0.6 is 11.3 Å². The standard InChI is InChI=1S/C17H20N2O6S2/c1-11-7-8-26-16(11)17(21)25-10-15(20)18-13-9-12(5-6-14(13)24-4)27(22,23)19(2)3/h5-9H,10H2,1-4H3,(H,18,20). The molecule has 0 saturated heterocycles. The number of hydrogen-bond acceptors (Lipinski definition) is 7. The van der Waals surface area contributed by atoms with Crippen molar-refractivity contribution in [2.45, 2.75) is 11.8 Å². The molecular weight excluding hydrogens is 392 g/mol. The van der Waals surface area contributed by atoms with E-state index in [1.807, 2.05) is 0 Å². The molecule has 2 rings (SSSR count). The van der Waals surface area contributed by atoms with Gasteiger partial charge in [0.25, 0.3) is 5.91 Å². The highest BCUT2D eigenvalue weighted by atomic mass is 32.2. The number of nitrogens with one attached hydrogen (secondary N) is 1. The van der Waals surface area contributed by atoms with Gasteiger partial charge in [-0.25, -0.2) is 17.5 Å². The van der Waals surface area contributed by atoms with Crippen LogP contribution in [0.3, 0.4) is 0 Å². The number of nitrogens with zero attached hydrogens (tertiary/aromatic N) is 1. The van der Waals surface area contributed by atoms with Crippen LogP contribution in [0.15, 0.2) is 34.5 Å². The molecule has 8 nitrogen and oxygen atoms in total. The van der Waals surface area contributed by atoms with Crippen molar-refractivity contribution in [1.82, 2.24) is 4.31 Å². The summed E-state index contributed by atoms with van der Waals surface area (Å²) in [6.45, 7) is 1.26. The number of carbonyl (C=O) groups excluding carboxylic acids is 2. The van der Waals surface area contributed by atoms with Crippen molar-refractivity contribution in [1.29, 1.82) is 0 Å². The highest BCUT2D eigenvalue weighted by Gasteiger charge is 2.20. The van der Waals surface area contributed by atoms with Gasteiger partial charge < -0.3 is 14.8 Å². The van der Waals surface area contributed by atoms with Gasteiger partial charge in [0, 0.05) is 14.1 Å². The predicted octanol–water partition coefficient (Wildman–Crippen LogP) is 2.11. The fourth-order valence-electron chi connectivity index (χ4n) is 2.12. The molecule has 2 aromatic rings. The molecule has 1 aromatic heterocycles. The average molecular weight is 412 g/mol. The largest absolute Gasteiger partial charge is 0.495 e. The lowest BCUT2D eigenvalue weighted by atomic mass is 10.3. The van der Waals surface area contributed by atoms with Gasteiger partial charge in [-0.15, -0.1) is 11.3 Å². The predicted molar refractivity (Wildman–Crippen MR) is 102 cm³/mol. The van der Waals surface area contributed by atoms with Crippen LogP contribution in [0.5, 0.6) is 5.75 Å².